The summed E-state index contributed by atoms with van der Waals surface area (Å²) in [4.78, 5) is 13.0. The molecule has 0 unspecified atom stereocenters. The van der Waals surface area contributed by atoms with Gasteiger partial charge in [-0.25, -0.2) is 0 Å². The summed E-state index contributed by atoms with van der Waals surface area (Å²) in [5, 5.41) is 24.9. The number of phenolic OH excluding ortho intramolecular Hbond substituents is 1. The van der Waals surface area contributed by atoms with E-state index in [0.717, 1.165) is 51.9 Å². The molecule has 1 aliphatic heterocycles. The normalized spacial score (nSPS) is 17.1. The van der Waals surface area contributed by atoms with Gasteiger partial charge in [-0.2, -0.15) is 0 Å². The minimum Gasteiger partial charge on any atom is -0.502 e. The molecule has 0 bridgehead atoms. The number of nitro benzene ring substituents is 1. The summed E-state index contributed by atoms with van der Waals surface area (Å²) in [5.74, 6) is -0.196. The maximum Gasteiger partial charge on any atom is 0.312 e. The number of aromatic hydroxyl groups is 1. The SMILES string of the molecule is CCCCC[C@H](c1cc(Br)cc([N+](=O)[O-])c1O)N1CCNCC1. The molecule has 1 fully saturated rings. The van der Waals surface area contributed by atoms with Crippen molar-refractivity contribution in [2.24, 2.45) is 0 Å². The zero-order valence-electron chi connectivity index (χ0n) is 13.4. The van der Waals surface area contributed by atoms with Crippen LogP contribution in [0.15, 0.2) is 16.6 Å². The lowest BCUT2D eigenvalue weighted by Crippen LogP contribution is -2.45. The van der Waals surface area contributed by atoms with Gasteiger partial charge in [0.25, 0.3) is 0 Å². The van der Waals surface area contributed by atoms with Gasteiger partial charge in [-0.3, -0.25) is 15.0 Å². The van der Waals surface area contributed by atoms with E-state index in [2.05, 4.69) is 33.1 Å². The topological polar surface area (TPSA) is 78.6 Å². The Morgan fingerprint density at radius 1 is 1.39 bits per heavy atom. The van der Waals surface area contributed by atoms with Crippen LogP contribution in [0.2, 0.25) is 0 Å². The predicted molar refractivity (Wildman–Crippen MR) is 93.8 cm³/mol. The third-order valence-corrected chi connectivity index (χ3v) is 4.77. The van der Waals surface area contributed by atoms with Crippen molar-refractivity contribution in [3.05, 3.63) is 32.3 Å². The van der Waals surface area contributed by atoms with Crippen LogP contribution in [-0.4, -0.2) is 41.1 Å². The second-order valence-electron chi connectivity index (χ2n) is 5.92. The van der Waals surface area contributed by atoms with Crippen molar-refractivity contribution in [3.8, 4) is 5.75 Å². The average Bonchev–Trinajstić information content (AvgIpc) is 2.54. The van der Waals surface area contributed by atoms with E-state index in [4.69, 9.17) is 0 Å². The minimum atomic E-state index is -0.523. The second-order valence-corrected chi connectivity index (χ2v) is 6.83. The number of rotatable bonds is 7. The Bertz CT molecular complexity index is 548. The van der Waals surface area contributed by atoms with E-state index in [-0.39, 0.29) is 17.5 Å². The molecule has 0 radical (unpaired) electrons. The molecule has 0 saturated carbocycles. The van der Waals surface area contributed by atoms with E-state index >= 15 is 0 Å². The molecule has 1 aromatic rings. The van der Waals surface area contributed by atoms with Gasteiger partial charge < -0.3 is 10.4 Å². The molecule has 128 valence electrons. The molecule has 0 aromatic heterocycles. The molecule has 2 rings (SSSR count). The van der Waals surface area contributed by atoms with Gasteiger partial charge in [0.2, 0.25) is 0 Å². The molecule has 0 aliphatic carbocycles. The molecule has 23 heavy (non-hydrogen) atoms. The largest absolute Gasteiger partial charge is 0.502 e. The predicted octanol–water partition coefficient (Wildman–Crippen LogP) is 3.59. The summed E-state index contributed by atoms with van der Waals surface area (Å²) >= 11 is 3.34. The van der Waals surface area contributed by atoms with Crippen LogP contribution in [0.25, 0.3) is 0 Å². The van der Waals surface area contributed by atoms with E-state index in [1.54, 1.807) is 0 Å². The van der Waals surface area contributed by atoms with E-state index < -0.39 is 4.92 Å². The molecule has 1 heterocycles. The van der Waals surface area contributed by atoms with Crippen molar-refractivity contribution in [2.75, 3.05) is 26.2 Å². The van der Waals surface area contributed by atoms with E-state index in [9.17, 15) is 15.2 Å². The van der Waals surface area contributed by atoms with Crippen LogP contribution in [0.5, 0.6) is 5.75 Å². The molecule has 0 amide bonds. The van der Waals surface area contributed by atoms with Gasteiger partial charge in [0.15, 0.2) is 5.75 Å². The van der Waals surface area contributed by atoms with Gasteiger partial charge in [0.1, 0.15) is 0 Å². The fraction of sp³-hybridized carbons (Fsp3) is 0.625. The van der Waals surface area contributed by atoms with E-state index in [0.29, 0.717) is 10.0 Å². The highest BCUT2D eigenvalue weighted by Crippen LogP contribution is 2.40. The Morgan fingerprint density at radius 3 is 2.70 bits per heavy atom. The fourth-order valence-electron chi connectivity index (χ4n) is 3.11. The smallest absolute Gasteiger partial charge is 0.312 e. The Labute approximate surface area is 145 Å². The number of phenols is 1. The monoisotopic (exact) mass is 385 g/mol. The number of unbranched alkanes of at least 4 members (excludes halogenated alkanes) is 2. The summed E-state index contributed by atoms with van der Waals surface area (Å²) in [7, 11) is 0. The molecular formula is C16H24BrN3O3. The van der Waals surface area contributed by atoms with Crippen LogP contribution in [0.1, 0.15) is 44.2 Å². The number of nitrogens with one attached hydrogen (secondary N) is 1. The molecular weight excluding hydrogens is 362 g/mol. The Morgan fingerprint density at radius 2 is 2.09 bits per heavy atom. The highest BCUT2D eigenvalue weighted by molar-refractivity contribution is 9.10. The summed E-state index contributed by atoms with van der Waals surface area (Å²) in [6, 6.07) is 3.19. The number of benzene rings is 1. The lowest BCUT2D eigenvalue weighted by Gasteiger charge is -2.35. The summed E-state index contributed by atoms with van der Waals surface area (Å²) < 4.78 is 0.632. The third-order valence-electron chi connectivity index (χ3n) is 4.31. The maximum absolute atomic E-state index is 11.2. The standard InChI is InChI=1S/C16H24BrN3O3/c1-2-3-4-5-14(19-8-6-18-7-9-19)13-10-12(17)11-15(16(13)21)20(22)23/h10-11,14,18,21H,2-9H2,1H3/t14-/m1/s1. The first-order valence-corrected chi connectivity index (χ1v) is 8.95. The minimum absolute atomic E-state index is 0.0137. The molecule has 2 N–H and O–H groups in total. The van der Waals surface area contributed by atoms with Crippen molar-refractivity contribution in [3.63, 3.8) is 0 Å². The van der Waals surface area contributed by atoms with Crippen LogP contribution in [-0.2, 0) is 0 Å². The average molecular weight is 386 g/mol. The number of piperazine rings is 1. The van der Waals surface area contributed by atoms with Crippen LogP contribution < -0.4 is 5.32 Å². The first-order valence-electron chi connectivity index (χ1n) is 8.16. The number of hydrogen-bond acceptors (Lipinski definition) is 5. The summed E-state index contributed by atoms with van der Waals surface area (Å²) in [6.45, 7) is 5.73. The van der Waals surface area contributed by atoms with Crippen LogP contribution in [0.3, 0.4) is 0 Å². The molecule has 1 aromatic carbocycles. The van der Waals surface area contributed by atoms with Gasteiger partial charge in [-0.1, -0.05) is 42.1 Å². The zero-order chi connectivity index (χ0) is 16.8. The van der Waals surface area contributed by atoms with Crippen molar-refractivity contribution in [1.29, 1.82) is 0 Å². The highest BCUT2D eigenvalue weighted by Gasteiger charge is 2.28. The van der Waals surface area contributed by atoms with Gasteiger partial charge in [-0.05, 0) is 12.5 Å². The molecule has 0 spiro atoms. The zero-order valence-corrected chi connectivity index (χ0v) is 15.0. The highest BCUT2D eigenvalue weighted by atomic mass is 79.9. The van der Waals surface area contributed by atoms with Gasteiger partial charge >= 0.3 is 5.69 Å². The lowest BCUT2D eigenvalue weighted by atomic mass is 9.96. The first-order chi connectivity index (χ1) is 11.0. The lowest BCUT2D eigenvalue weighted by molar-refractivity contribution is -0.386. The van der Waals surface area contributed by atoms with Crippen LogP contribution in [0.4, 0.5) is 5.69 Å². The van der Waals surface area contributed by atoms with Gasteiger partial charge in [0.05, 0.1) is 4.92 Å². The van der Waals surface area contributed by atoms with Gasteiger partial charge in [0, 0.05) is 48.3 Å². The number of nitrogens with zero attached hydrogens (tertiary/aromatic N) is 2. The Hall–Kier alpha value is -1.18. The van der Waals surface area contributed by atoms with Gasteiger partial charge in [-0.15, -0.1) is 0 Å². The second kappa shape index (κ2) is 8.61. The van der Waals surface area contributed by atoms with Crippen molar-refractivity contribution < 1.29 is 10.0 Å². The maximum atomic E-state index is 11.2. The fourth-order valence-corrected chi connectivity index (χ4v) is 3.58. The number of hydrogen-bond donors (Lipinski definition) is 2. The number of halogens is 1. The van der Waals surface area contributed by atoms with E-state index in [1.165, 1.54) is 6.07 Å². The molecule has 7 heteroatoms. The van der Waals surface area contributed by atoms with E-state index in [1.807, 2.05) is 6.07 Å². The molecule has 1 atom stereocenters. The Balaban J connectivity index is 2.34. The van der Waals surface area contributed by atoms with Crippen molar-refractivity contribution in [2.45, 2.75) is 38.6 Å². The Kier molecular flexibility index (Phi) is 6.80. The first kappa shape index (κ1) is 18.2. The van der Waals surface area contributed by atoms with Crippen LogP contribution in [0, 0.1) is 10.1 Å². The quantitative estimate of drug-likeness (QED) is 0.425. The molecule has 6 nitrogen and oxygen atoms in total. The number of nitro groups is 1. The summed E-state index contributed by atoms with van der Waals surface area (Å²) in [5.41, 5.74) is 0.425. The van der Waals surface area contributed by atoms with Crippen molar-refractivity contribution in [1.82, 2.24) is 10.2 Å². The summed E-state index contributed by atoms with van der Waals surface area (Å²) in [6.07, 6.45) is 4.19. The van der Waals surface area contributed by atoms with Crippen molar-refractivity contribution >= 4 is 21.6 Å². The molecule has 1 aliphatic rings. The molecule has 1 saturated heterocycles. The third kappa shape index (κ3) is 4.65. The van der Waals surface area contributed by atoms with Crippen LogP contribution >= 0.6 is 15.9 Å².